The molecule has 0 radical (unpaired) electrons. The molecule has 0 spiro atoms. The van der Waals surface area contributed by atoms with Crippen LogP contribution < -0.4 is 15.4 Å². The van der Waals surface area contributed by atoms with Gasteiger partial charge in [0.15, 0.2) is 0 Å². The van der Waals surface area contributed by atoms with Crippen molar-refractivity contribution in [2.75, 3.05) is 11.9 Å². The monoisotopic (exact) mass is 370 g/mol. The Morgan fingerprint density at radius 2 is 1.88 bits per heavy atom. The first-order chi connectivity index (χ1) is 12.6. The van der Waals surface area contributed by atoms with Gasteiger partial charge in [-0.15, -0.1) is 11.8 Å². The van der Waals surface area contributed by atoms with Crippen molar-refractivity contribution in [3.05, 3.63) is 54.1 Å². The van der Waals surface area contributed by atoms with Crippen molar-refractivity contribution in [2.24, 2.45) is 0 Å². The number of amides is 3. The maximum absolute atomic E-state index is 12.4. The number of thioether (sulfide) groups is 1. The second-order valence-electron chi connectivity index (χ2n) is 5.60. The first-order valence-electron chi connectivity index (χ1n) is 8.21. The van der Waals surface area contributed by atoms with E-state index in [-0.39, 0.29) is 17.9 Å². The highest BCUT2D eigenvalue weighted by atomic mass is 32.2. The van der Waals surface area contributed by atoms with Crippen molar-refractivity contribution >= 4 is 35.2 Å². The molecule has 6 nitrogen and oxygen atoms in total. The summed E-state index contributed by atoms with van der Waals surface area (Å²) in [5, 5.41) is 4.53. The quantitative estimate of drug-likeness (QED) is 0.845. The fraction of sp³-hybridized carbons (Fsp3) is 0.211. The van der Waals surface area contributed by atoms with Crippen LogP contribution in [0.15, 0.2) is 53.4 Å². The predicted molar refractivity (Wildman–Crippen MR) is 99.4 cm³/mol. The van der Waals surface area contributed by atoms with Gasteiger partial charge < -0.3 is 10.1 Å². The van der Waals surface area contributed by atoms with Gasteiger partial charge in [0.25, 0.3) is 5.91 Å². The molecule has 1 aliphatic rings. The third-order valence-corrected chi connectivity index (χ3v) is 5.04. The summed E-state index contributed by atoms with van der Waals surface area (Å²) in [5.41, 5.74) is 1.02. The van der Waals surface area contributed by atoms with Gasteiger partial charge in [-0.25, -0.2) is 0 Å². The van der Waals surface area contributed by atoms with E-state index >= 15 is 0 Å². The standard InChI is InChI=1S/C19H18N2O4S/c1-2-25-14-9-5-3-7-12(14)18(23)21-17(22)11-16-19(24)20-13-8-4-6-10-15(13)26-16/h3-10,16H,2,11H2,1H3,(H,20,24)(H,21,22,23). The first kappa shape index (κ1) is 18.0. The van der Waals surface area contributed by atoms with Crippen LogP contribution in [0.25, 0.3) is 0 Å². The molecule has 134 valence electrons. The lowest BCUT2D eigenvalue weighted by molar-refractivity contribution is -0.123. The SMILES string of the molecule is CCOc1ccccc1C(=O)NC(=O)CC1Sc2ccccc2NC1=O. The fourth-order valence-electron chi connectivity index (χ4n) is 2.58. The summed E-state index contributed by atoms with van der Waals surface area (Å²) < 4.78 is 5.41. The van der Waals surface area contributed by atoms with E-state index in [2.05, 4.69) is 10.6 Å². The van der Waals surface area contributed by atoms with Gasteiger partial charge in [0.2, 0.25) is 11.8 Å². The predicted octanol–water partition coefficient (Wildman–Crippen LogP) is 2.84. The Hall–Kier alpha value is -2.80. The van der Waals surface area contributed by atoms with Crippen LogP contribution in [0, 0.1) is 0 Å². The molecule has 0 fully saturated rings. The lowest BCUT2D eigenvalue weighted by atomic mass is 10.1. The molecule has 0 aromatic heterocycles. The molecule has 0 bridgehead atoms. The minimum atomic E-state index is -0.583. The zero-order valence-corrected chi connectivity index (χ0v) is 15.0. The molecule has 26 heavy (non-hydrogen) atoms. The Bertz CT molecular complexity index is 853. The van der Waals surface area contributed by atoms with E-state index in [1.165, 1.54) is 11.8 Å². The Morgan fingerprint density at radius 1 is 1.15 bits per heavy atom. The van der Waals surface area contributed by atoms with Crippen molar-refractivity contribution in [3.63, 3.8) is 0 Å². The third kappa shape index (κ3) is 4.05. The van der Waals surface area contributed by atoms with Gasteiger partial charge in [-0.05, 0) is 31.2 Å². The van der Waals surface area contributed by atoms with Crippen LogP contribution in [0.3, 0.4) is 0 Å². The Kier molecular flexibility index (Phi) is 5.58. The Balaban J connectivity index is 1.64. The molecule has 0 aliphatic carbocycles. The van der Waals surface area contributed by atoms with Gasteiger partial charge in [-0.3, -0.25) is 19.7 Å². The van der Waals surface area contributed by atoms with Crippen LogP contribution in [-0.2, 0) is 9.59 Å². The van der Waals surface area contributed by atoms with Crippen molar-refractivity contribution in [1.82, 2.24) is 5.32 Å². The lowest BCUT2D eigenvalue weighted by Crippen LogP contribution is -2.37. The van der Waals surface area contributed by atoms with Gasteiger partial charge in [0.05, 0.1) is 23.1 Å². The number of carbonyl (C=O) groups is 3. The topological polar surface area (TPSA) is 84.5 Å². The van der Waals surface area contributed by atoms with Crippen LogP contribution >= 0.6 is 11.8 Å². The highest BCUT2D eigenvalue weighted by Gasteiger charge is 2.29. The number of fused-ring (bicyclic) bond motifs is 1. The molecule has 3 amide bonds. The molecule has 1 aliphatic heterocycles. The molecule has 2 aromatic rings. The normalized spacial score (nSPS) is 15.6. The van der Waals surface area contributed by atoms with Crippen molar-refractivity contribution < 1.29 is 19.1 Å². The molecule has 1 atom stereocenters. The number of imide groups is 1. The van der Waals surface area contributed by atoms with E-state index in [0.717, 1.165) is 10.6 Å². The zero-order valence-electron chi connectivity index (χ0n) is 14.2. The molecule has 1 heterocycles. The van der Waals surface area contributed by atoms with E-state index in [1.807, 2.05) is 31.2 Å². The number of ether oxygens (including phenoxy) is 1. The van der Waals surface area contributed by atoms with Crippen molar-refractivity contribution in [2.45, 2.75) is 23.5 Å². The maximum Gasteiger partial charge on any atom is 0.261 e. The molecular weight excluding hydrogens is 352 g/mol. The van der Waals surface area contributed by atoms with Gasteiger partial charge in [-0.1, -0.05) is 24.3 Å². The number of rotatable bonds is 5. The number of anilines is 1. The molecule has 7 heteroatoms. The average Bonchev–Trinajstić information content (AvgIpc) is 2.63. The van der Waals surface area contributed by atoms with Crippen LogP contribution in [0.2, 0.25) is 0 Å². The minimum absolute atomic E-state index is 0.0899. The highest BCUT2D eigenvalue weighted by Crippen LogP contribution is 2.36. The number of carbonyl (C=O) groups excluding carboxylic acids is 3. The molecular formula is C19H18N2O4S. The van der Waals surface area contributed by atoms with E-state index in [1.54, 1.807) is 24.3 Å². The summed E-state index contributed by atoms with van der Waals surface area (Å²) in [6, 6.07) is 14.1. The smallest absolute Gasteiger partial charge is 0.261 e. The third-order valence-electron chi connectivity index (χ3n) is 3.76. The number of hydrogen-bond acceptors (Lipinski definition) is 5. The van der Waals surface area contributed by atoms with Gasteiger partial charge in [0.1, 0.15) is 5.75 Å². The Morgan fingerprint density at radius 3 is 2.69 bits per heavy atom. The Labute approximate surface area is 155 Å². The molecule has 1 unspecified atom stereocenters. The highest BCUT2D eigenvalue weighted by molar-refractivity contribution is 8.01. The lowest BCUT2D eigenvalue weighted by Gasteiger charge is -2.23. The van der Waals surface area contributed by atoms with E-state index in [0.29, 0.717) is 12.4 Å². The maximum atomic E-state index is 12.4. The van der Waals surface area contributed by atoms with E-state index < -0.39 is 17.1 Å². The number of benzene rings is 2. The molecule has 3 rings (SSSR count). The number of hydrogen-bond donors (Lipinski definition) is 2. The van der Waals surface area contributed by atoms with Gasteiger partial charge >= 0.3 is 0 Å². The summed E-state index contributed by atoms with van der Waals surface area (Å²) in [4.78, 5) is 37.7. The first-order valence-corrected chi connectivity index (χ1v) is 9.09. The molecule has 2 N–H and O–H groups in total. The van der Waals surface area contributed by atoms with Gasteiger partial charge in [0, 0.05) is 11.3 Å². The fourth-order valence-corrected chi connectivity index (χ4v) is 3.69. The summed E-state index contributed by atoms with van der Waals surface area (Å²) in [6.07, 6.45) is -0.0899. The van der Waals surface area contributed by atoms with Crippen LogP contribution in [0.4, 0.5) is 5.69 Å². The van der Waals surface area contributed by atoms with Gasteiger partial charge in [-0.2, -0.15) is 0 Å². The average molecular weight is 370 g/mol. The minimum Gasteiger partial charge on any atom is -0.493 e. The van der Waals surface area contributed by atoms with E-state index in [9.17, 15) is 14.4 Å². The summed E-state index contributed by atoms with van der Waals surface area (Å²) >= 11 is 1.32. The van der Waals surface area contributed by atoms with Crippen LogP contribution in [0.5, 0.6) is 5.75 Å². The summed E-state index contributed by atoms with van der Waals surface area (Å²) in [6.45, 7) is 2.23. The number of para-hydroxylation sites is 2. The van der Waals surface area contributed by atoms with Crippen molar-refractivity contribution in [3.8, 4) is 5.75 Å². The van der Waals surface area contributed by atoms with Crippen LogP contribution in [0.1, 0.15) is 23.7 Å². The van der Waals surface area contributed by atoms with E-state index in [4.69, 9.17) is 4.74 Å². The largest absolute Gasteiger partial charge is 0.493 e. The zero-order chi connectivity index (χ0) is 18.5. The second-order valence-corrected chi connectivity index (χ2v) is 6.85. The number of nitrogens with one attached hydrogen (secondary N) is 2. The summed E-state index contributed by atoms with van der Waals surface area (Å²) in [5.74, 6) is -0.876. The van der Waals surface area contributed by atoms with Crippen LogP contribution in [-0.4, -0.2) is 29.6 Å². The molecule has 0 saturated carbocycles. The second kappa shape index (κ2) is 8.05. The van der Waals surface area contributed by atoms with Crippen molar-refractivity contribution in [1.29, 1.82) is 0 Å². The molecule has 0 saturated heterocycles. The molecule has 2 aromatic carbocycles. The summed E-state index contributed by atoms with van der Waals surface area (Å²) in [7, 11) is 0.